The van der Waals surface area contributed by atoms with E-state index in [1.165, 1.54) is 4.88 Å². The Labute approximate surface area is 134 Å². The molecule has 0 saturated heterocycles. The minimum atomic E-state index is 0.154. The number of ether oxygens (including phenoxy) is 1. The Bertz CT molecular complexity index is 564. The molecule has 7 heteroatoms. The van der Waals surface area contributed by atoms with Gasteiger partial charge in [0.05, 0.1) is 6.61 Å². The highest BCUT2D eigenvalue weighted by molar-refractivity contribution is 7.09. The highest BCUT2D eigenvalue weighted by atomic mass is 35.5. The lowest BCUT2D eigenvalue weighted by atomic mass is 10.2. The van der Waals surface area contributed by atoms with Crippen LogP contribution in [0.2, 0.25) is 5.28 Å². The molecule has 0 bridgehead atoms. The number of aromatic nitrogens is 3. The van der Waals surface area contributed by atoms with Crippen molar-refractivity contribution in [3.63, 3.8) is 0 Å². The molecule has 5 nitrogen and oxygen atoms in total. The highest BCUT2D eigenvalue weighted by Crippen LogP contribution is 2.19. The molecule has 2 heterocycles. The Morgan fingerprint density at radius 3 is 2.86 bits per heavy atom. The van der Waals surface area contributed by atoms with Gasteiger partial charge in [-0.3, -0.25) is 0 Å². The number of hydrogen-bond donors (Lipinski definition) is 0. The van der Waals surface area contributed by atoms with Crippen LogP contribution in [0.15, 0.2) is 17.5 Å². The van der Waals surface area contributed by atoms with E-state index in [-0.39, 0.29) is 17.3 Å². The smallest absolute Gasteiger partial charge is 0.322 e. The first-order valence-electron chi connectivity index (χ1n) is 6.89. The molecule has 0 aliphatic heterocycles. The van der Waals surface area contributed by atoms with Gasteiger partial charge in [0.25, 0.3) is 0 Å². The maximum atomic E-state index is 5.95. The van der Waals surface area contributed by atoms with Crippen molar-refractivity contribution in [3.05, 3.63) is 27.7 Å². The SMILES string of the molecule is CCCOc1nc(Cl)nc(N(C)C(C)Cc2cccs2)n1. The van der Waals surface area contributed by atoms with Gasteiger partial charge in [0.15, 0.2) is 0 Å². The van der Waals surface area contributed by atoms with Gasteiger partial charge in [-0.2, -0.15) is 15.0 Å². The zero-order valence-corrected chi connectivity index (χ0v) is 14.0. The third-order valence-corrected chi connectivity index (χ3v) is 4.13. The van der Waals surface area contributed by atoms with E-state index in [1.807, 2.05) is 18.9 Å². The summed E-state index contributed by atoms with van der Waals surface area (Å²) in [5, 5.41) is 2.24. The first kappa shape index (κ1) is 16.0. The number of halogens is 1. The normalized spacial score (nSPS) is 12.2. The predicted octanol–water partition coefficient (Wildman–Crippen LogP) is 3.44. The quantitative estimate of drug-likeness (QED) is 0.780. The second-order valence-corrected chi connectivity index (χ2v) is 6.15. The van der Waals surface area contributed by atoms with Crippen LogP contribution in [0.4, 0.5) is 5.95 Å². The number of likely N-dealkylation sites (N-methyl/N-ethyl adjacent to an activating group) is 1. The summed E-state index contributed by atoms with van der Waals surface area (Å²) in [6.45, 7) is 4.72. The summed E-state index contributed by atoms with van der Waals surface area (Å²) < 4.78 is 5.44. The molecule has 1 atom stereocenters. The summed E-state index contributed by atoms with van der Waals surface area (Å²) in [4.78, 5) is 15.8. The Morgan fingerprint density at radius 2 is 2.19 bits per heavy atom. The number of hydrogen-bond acceptors (Lipinski definition) is 6. The fourth-order valence-electron chi connectivity index (χ4n) is 1.79. The van der Waals surface area contributed by atoms with Crippen LogP contribution in [0.3, 0.4) is 0 Å². The van der Waals surface area contributed by atoms with E-state index in [4.69, 9.17) is 16.3 Å². The average molecular weight is 327 g/mol. The molecule has 1 unspecified atom stereocenters. The first-order valence-corrected chi connectivity index (χ1v) is 8.15. The van der Waals surface area contributed by atoms with Gasteiger partial charge in [-0.25, -0.2) is 0 Å². The van der Waals surface area contributed by atoms with Gasteiger partial charge in [-0.15, -0.1) is 11.3 Å². The van der Waals surface area contributed by atoms with E-state index < -0.39 is 0 Å². The van der Waals surface area contributed by atoms with Crippen LogP contribution in [0.25, 0.3) is 0 Å². The summed E-state index contributed by atoms with van der Waals surface area (Å²) in [6.07, 6.45) is 1.83. The van der Waals surface area contributed by atoms with E-state index in [2.05, 4.69) is 39.4 Å². The van der Waals surface area contributed by atoms with Crippen LogP contribution in [-0.4, -0.2) is 34.6 Å². The molecular weight excluding hydrogens is 308 g/mol. The molecule has 0 saturated carbocycles. The molecular formula is C14H19ClN4OS. The van der Waals surface area contributed by atoms with Crippen LogP contribution in [-0.2, 0) is 6.42 Å². The van der Waals surface area contributed by atoms with E-state index in [0.29, 0.717) is 12.6 Å². The van der Waals surface area contributed by atoms with Crippen molar-refractivity contribution in [2.24, 2.45) is 0 Å². The van der Waals surface area contributed by atoms with Gasteiger partial charge in [0.2, 0.25) is 11.2 Å². The van der Waals surface area contributed by atoms with Crippen molar-refractivity contribution < 1.29 is 4.74 Å². The predicted molar refractivity (Wildman–Crippen MR) is 86.5 cm³/mol. The van der Waals surface area contributed by atoms with E-state index >= 15 is 0 Å². The fourth-order valence-corrected chi connectivity index (χ4v) is 2.77. The van der Waals surface area contributed by atoms with Crippen molar-refractivity contribution in [1.82, 2.24) is 15.0 Å². The molecule has 0 N–H and O–H groups in total. The fraction of sp³-hybridized carbons (Fsp3) is 0.500. The maximum Gasteiger partial charge on any atom is 0.322 e. The molecule has 2 aromatic rings. The zero-order valence-electron chi connectivity index (χ0n) is 12.4. The van der Waals surface area contributed by atoms with Crippen LogP contribution in [0, 0.1) is 0 Å². The second kappa shape index (κ2) is 7.56. The van der Waals surface area contributed by atoms with Gasteiger partial charge < -0.3 is 9.64 Å². The second-order valence-electron chi connectivity index (χ2n) is 4.78. The van der Waals surface area contributed by atoms with Gasteiger partial charge in [0.1, 0.15) is 0 Å². The van der Waals surface area contributed by atoms with Crippen molar-refractivity contribution in [2.75, 3.05) is 18.6 Å². The van der Waals surface area contributed by atoms with Crippen molar-refractivity contribution in [2.45, 2.75) is 32.7 Å². The molecule has 0 spiro atoms. The Balaban J connectivity index is 2.10. The molecule has 0 radical (unpaired) electrons. The molecule has 114 valence electrons. The zero-order chi connectivity index (χ0) is 15.2. The standard InChI is InChI=1S/C14H19ClN4OS/c1-4-7-20-14-17-12(15)16-13(18-14)19(3)10(2)9-11-6-5-8-21-11/h5-6,8,10H,4,7,9H2,1-3H3. The van der Waals surface area contributed by atoms with Gasteiger partial charge in [-0.1, -0.05) is 13.0 Å². The van der Waals surface area contributed by atoms with E-state index in [9.17, 15) is 0 Å². The monoisotopic (exact) mass is 326 g/mol. The third kappa shape index (κ3) is 4.54. The van der Waals surface area contributed by atoms with Crippen LogP contribution in [0.5, 0.6) is 6.01 Å². The molecule has 21 heavy (non-hydrogen) atoms. The van der Waals surface area contributed by atoms with Gasteiger partial charge in [-0.05, 0) is 36.4 Å². The average Bonchev–Trinajstić information content (AvgIpc) is 2.96. The lowest BCUT2D eigenvalue weighted by Crippen LogP contribution is -2.32. The topological polar surface area (TPSA) is 51.1 Å². The van der Waals surface area contributed by atoms with Crippen molar-refractivity contribution >= 4 is 28.9 Å². The summed E-state index contributed by atoms with van der Waals surface area (Å²) in [5.41, 5.74) is 0. The number of rotatable bonds is 7. The molecule has 2 aromatic heterocycles. The van der Waals surface area contributed by atoms with Crippen molar-refractivity contribution in [1.29, 1.82) is 0 Å². The minimum Gasteiger partial charge on any atom is -0.463 e. The number of anilines is 1. The van der Waals surface area contributed by atoms with Crippen molar-refractivity contribution in [3.8, 4) is 6.01 Å². The van der Waals surface area contributed by atoms with E-state index in [1.54, 1.807) is 11.3 Å². The lowest BCUT2D eigenvalue weighted by Gasteiger charge is -2.24. The largest absolute Gasteiger partial charge is 0.463 e. The lowest BCUT2D eigenvalue weighted by molar-refractivity contribution is 0.291. The summed E-state index contributed by atoms with van der Waals surface area (Å²) >= 11 is 7.70. The molecule has 0 aromatic carbocycles. The van der Waals surface area contributed by atoms with Crippen LogP contribution < -0.4 is 9.64 Å². The molecule has 0 aliphatic carbocycles. The first-order chi connectivity index (χ1) is 10.1. The maximum absolute atomic E-state index is 5.95. The van der Waals surface area contributed by atoms with Crippen LogP contribution >= 0.6 is 22.9 Å². The Kier molecular flexibility index (Phi) is 5.76. The van der Waals surface area contributed by atoms with Gasteiger partial charge >= 0.3 is 6.01 Å². The van der Waals surface area contributed by atoms with E-state index in [0.717, 1.165) is 12.8 Å². The molecule has 2 rings (SSSR count). The number of nitrogens with zero attached hydrogens (tertiary/aromatic N) is 4. The molecule has 0 aliphatic rings. The molecule has 0 fully saturated rings. The summed E-state index contributed by atoms with van der Waals surface area (Å²) in [5.74, 6) is 0.533. The summed E-state index contributed by atoms with van der Waals surface area (Å²) in [7, 11) is 1.95. The third-order valence-electron chi connectivity index (χ3n) is 3.06. The van der Waals surface area contributed by atoms with Gasteiger partial charge in [0, 0.05) is 24.4 Å². The Morgan fingerprint density at radius 1 is 1.38 bits per heavy atom. The highest BCUT2D eigenvalue weighted by Gasteiger charge is 2.16. The minimum absolute atomic E-state index is 0.154. The summed E-state index contributed by atoms with van der Waals surface area (Å²) in [6, 6.07) is 4.72. The Hall–Kier alpha value is -1.40. The number of thiophene rings is 1. The van der Waals surface area contributed by atoms with Crippen LogP contribution in [0.1, 0.15) is 25.1 Å². The molecule has 0 amide bonds.